The van der Waals surface area contributed by atoms with E-state index in [4.69, 9.17) is 5.84 Å². The van der Waals surface area contributed by atoms with Crippen LogP contribution in [0, 0.1) is 5.92 Å². The molecule has 0 fully saturated rings. The van der Waals surface area contributed by atoms with Crippen LogP contribution in [0.25, 0.3) is 5.65 Å². The van der Waals surface area contributed by atoms with Crippen molar-refractivity contribution >= 4 is 17.3 Å². The van der Waals surface area contributed by atoms with E-state index >= 15 is 0 Å². The van der Waals surface area contributed by atoms with Crippen LogP contribution in [0.2, 0.25) is 0 Å². The van der Waals surface area contributed by atoms with Crippen molar-refractivity contribution in [2.75, 3.05) is 17.3 Å². The normalized spacial score (nSPS) is 12.9. The summed E-state index contributed by atoms with van der Waals surface area (Å²) in [6.07, 6.45) is 5.25. The highest BCUT2D eigenvalue weighted by atomic mass is 16.3. The highest BCUT2D eigenvalue weighted by molar-refractivity contribution is 5.65. The van der Waals surface area contributed by atoms with E-state index in [2.05, 4.69) is 20.7 Å². The van der Waals surface area contributed by atoms with E-state index in [1.54, 1.807) is 12.4 Å². The molecule has 0 saturated heterocycles. The van der Waals surface area contributed by atoms with Crippen molar-refractivity contribution in [1.82, 2.24) is 14.4 Å². The van der Waals surface area contributed by atoms with Gasteiger partial charge in [0.05, 0.1) is 18.8 Å². The lowest BCUT2D eigenvalue weighted by atomic mass is 10.1. The summed E-state index contributed by atoms with van der Waals surface area (Å²) in [5.74, 6) is 6.79. The summed E-state index contributed by atoms with van der Waals surface area (Å²) in [6, 6.07) is -0.0778. The average molecular weight is 250 g/mol. The first-order valence-corrected chi connectivity index (χ1v) is 5.83. The second kappa shape index (κ2) is 5.19. The molecule has 0 bridgehead atoms. The molecule has 5 N–H and O–H groups in total. The first kappa shape index (κ1) is 12.6. The summed E-state index contributed by atoms with van der Waals surface area (Å²) < 4.78 is 1.82. The smallest absolute Gasteiger partial charge is 0.180 e. The maximum Gasteiger partial charge on any atom is 0.180 e. The molecule has 0 radical (unpaired) electrons. The maximum atomic E-state index is 9.35. The SMILES string of the molecule is CC(C)[C@@H](CO)Nc1nc(NN)cn2ccnc12. The summed E-state index contributed by atoms with van der Waals surface area (Å²) in [4.78, 5) is 8.55. The van der Waals surface area contributed by atoms with Crippen LogP contribution in [-0.4, -0.2) is 32.1 Å². The quantitative estimate of drug-likeness (QED) is 0.454. The third-order valence-electron chi connectivity index (χ3n) is 2.85. The number of anilines is 2. The lowest BCUT2D eigenvalue weighted by molar-refractivity contribution is 0.249. The second-order valence-electron chi connectivity index (χ2n) is 4.45. The molecule has 0 aliphatic heterocycles. The lowest BCUT2D eigenvalue weighted by Crippen LogP contribution is -2.30. The number of aromatic nitrogens is 3. The number of hydrogen-bond donors (Lipinski definition) is 4. The number of aliphatic hydroxyl groups excluding tert-OH is 1. The molecular formula is C11H18N6O. The van der Waals surface area contributed by atoms with E-state index in [9.17, 15) is 5.11 Å². The Bertz CT molecular complexity index is 523. The first-order chi connectivity index (χ1) is 8.65. The van der Waals surface area contributed by atoms with Gasteiger partial charge in [-0.15, -0.1) is 0 Å². The van der Waals surface area contributed by atoms with E-state index in [0.717, 1.165) is 0 Å². The molecule has 98 valence electrons. The van der Waals surface area contributed by atoms with Crippen molar-refractivity contribution < 1.29 is 5.11 Å². The van der Waals surface area contributed by atoms with Gasteiger partial charge in [0.25, 0.3) is 0 Å². The number of fused-ring (bicyclic) bond motifs is 1. The summed E-state index contributed by atoms with van der Waals surface area (Å²) in [6.45, 7) is 4.09. The van der Waals surface area contributed by atoms with E-state index in [-0.39, 0.29) is 18.6 Å². The Balaban J connectivity index is 2.39. The molecule has 7 heteroatoms. The topological polar surface area (TPSA) is 100 Å². The Morgan fingerprint density at radius 2 is 2.28 bits per heavy atom. The first-order valence-electron chi connectivity index (χ1n) is 5.83. The Morgan fingerprint density at radius 1 is 1.50 bits per heavy atom. The summed E-state index contributed by atoms with van der Waals surface area (Å²) in [5.41, 5.74) is 3.21. The number of nitrogens with two attached hydrogens (primary N) is 1. The average Bonchev–Trinajstić information content (AvgIpc) is 2.83. The molecule has 2 aromatic heterocycles. The summed E-state index contributed by atoms with van der Waals surface area (Å²) >= 11 is 0. The molecule has 0 aromatic carbocycles. The minimum atomic E-state index is -0.0778. The van der Waals surface area contributed by atoms with Crippen molar-refractivity contribution in [3.8, 4) is 0 Å². The Morgan fingerprint density at radius 3 is 2.89 bits per heavy atom. The lowest BCUT2D eigenvalue weighted by Gasteiger charge is -2.21. The molecule has 0 spiro atoms. The van der Waals surface area contributed by atoms with Gasteiger partial charge in [0.15, 0.2) is 17.3 Å². The zero-order valence-corrected chi connectivity index (χ0v) is 10.5. The number of hydrazine groups is 1. The van der Waals surface area contributed by atoms with Crippen LogP contribution < -0.4 is 16.6 Å². The fourth-order valence-electron chi connectivity index (χ4n) is 1.70. The van der Waals surface area contributed by atoms with Crippen molar-refractivity contribution in [3.63, 3.8) is 0 Å². The predicted octanol–water partition coefficient (Wildman–Crippen LogP) is 0.444. The van der Waals surface area contributed by atoms with E-state index in [1.165, 1.54) is 0 Å². The third kappa shape index (κ3) is 2.36. The van der Waals surface area contributed by atoms with Gasteiger partial charge in [0.1, 0.15) is 0 Å². The molecule has 2 aromatic rings. The number of nitrogen functional groups attached to an aromatic ring is 1. The fraction of sp³-hybridized carbons (Fsp3) is 0.455. The maximum absolute atomic E-state index is 9.35. The minimum absolute atomic E-state index is 0.0342. The second-order valence-corrected chi connectivity index (χ2v) is 4.45. The number of imidazole rings is 1. The molecule has 0 amide bonds. The molecule has 7 nitrogen and oxygen atoms in total. The number of hydrogen-bond acceptors (Lipinski definition) is 6. The van der Waals surface area contributed by atoms with Gasteiger partial charge in [0, 0.05) is 12.4 Å². The van der Waals surface area contributed by atoms with Crippen LogP contribution in [0.15, 0.2) is 18.6 Å². The monoisotopic (exact) mass is 250 g/mol. The van der Waals surface area contributed by atoms with Gasteiger partial charge in [-0.25, -0.2) is 15.8 Å². The molecule has 0 aliphatic rings. The standard InChI is InChI=1S/C11H18N6O/c1-7(2)8(6-18)14-10-11-13-3-4-17(11)5-9(15-10)16-12/h3-5,7-8,16,18H,6,12H2,1-2H3,(H,14,15)/t8-/m1/s1. The zero-order valence-electron chi connectivity index (χ0n) is 10.5. The van der Waals surface area contributed by atoms with Gasteiger partial charge in [-0.3, -0.25) is 0 Å². The van der Waals surface area contributed by atoms with Crippen LogP contribution in [0.3, 0.4) is 0 Å². The van der Waals surface area contributed by atoms with Crippen LogP contribution in [-0.2, 0) is 0 Å². The number of nitrogens with zero attached hydrogens (tertiary/aromatic N) is 3. The Labute approximate surface area is 105 Å². The number of nitrogens with one attached hydrogen (secondary N) is 2. The van der Waals surface area contributed by atoms with E-state index in [1.807, 2.05) is 24.4 Å². The largest absolute Gasteiger partial charge is 0.394 e. The van der Waals surface area contributed by atoms with Gasteiger partial charge in [0.2, 0.25) is 0 Å². The van der Waals surface area contributed by atoms with Crippen LogP contribution in [0.1, 0.15) is 13.8 Å². The minimum Gasteiger partial charge on any atom is -0.394 e. The van der Waals surface area contributed by atoms with E-state index < -0.39 is 0 Å². The molecule has 0 aliphatic carbocycles. The number of aliphatic hydroxyl groups is 1. The molecule has 18 heavy (non-hydrogen) atoms. The van der Waals surface area contributed by atoms with E-state index in [0.29, 0.717) is 17.3 Å². The fourth-order valence-corrected chi connectivity index (χ4v) is 1.70. The predicted molar refractivity (Wildman–Crippen MR) is 70.1 cm³/mol. The zero-order chi connectivity index (χ0) is 13.1. The van der Waals surface area contributed by atoms with Crippen molar-refractivity contribution in [3.05, 3.63) is 18.6 Å². The Hall–Kier alpha value is -1.86. The van der Waals surface area contributed by atoms with Gasteiger partial charge in [-0.2, -0.15) is 0 Å². The molecular weight excluding hydrogens is 232 g/mol. The number of rotatable bonds is 5. The highest BCUT2D eigenvalue weighted by Crippen LogP contribution is 2.18. The highest BCUT2D eigenvalue weighted by Gasteiger charge is 2.15. The summed E-state index contributed by atoms with van der Waals surface area (Å²) in [7, 11) is 0. The molecule has 2 rings (SSSR count). The van der Waals surface area contributed by atoms with Crippen molar-refractivity contribution in [2.45, 2.75) is 19.9 Å². The van der Waals surface area contributed by atoms with Gasteiger partial charge >= 0.3 is 0 Å². The van der Waals surface area contributed by atoms with Crippen LogP contribution >= 0.6 is 0 Å². The van der Waals surface area contributed by atoms with Gasteiger partial charge in [-0.05, 0) is 5.92 Å². The van der Waals surface area contributed by atoms with Crippen molar-refractivity contribution in [2.24, 2.45) is 11.8 Å². The van der Waals surface area contributed by atoms with Crippen molar-refractivity contribution in [1.29, 1.82) is 0 Å². The molecule has 1 atom stereocenters. The van der Waals surface area contributed by atoms with Gasteiger partial charge < -0.3 is 20.2 Å². The van der Waals surface area contributed by atoms with Crippen LogP contribution in [0.5, 0.6) is 0 Å². The van der Waals surface area contributed by atoms with Gasteiger partial charge in [-0.1, -0.05) is 13.8 Å². The molecule has 0 saturated carbocycles. The Kier molecular flexibility index (Phi) is 3.63. The molecule has 2 heterocycles. The third-order valence-corrected chi connectivity index (χ3v) is 2.85. The van der Waals surface area contributed by atoms with Crippen LogP contribution in [0.4, 0.5) is 11.6 Å². The summed E-state index contributed by atoms with van der Waals surface area (Å²) in [5, 5.41) is 12.5. The molecule has 0 unspecified atom stereocenters.